The molecule has 1 atom stereocenters. The maximum atomic E-state index is 12.9. The third-order valence-corrected chi connectivity index (χ3v) is 3.55. The minimum Gasteiger partial charge on any atom is -0.387 e. The van der Waals surface area contributed by atoms with Gasteiger partial charge in [0, 0.05) is 18.1 Å². The van der Waals surface area contributed by atoms with Crippen LogP contribution in [-0.4, -0.2) is 36.2 Å². The van der Waals surface area contributed by atoms with Gasteiger partial charge in [-0.25, -0.2) is 4.39 Å². The Hall–Kier alpha value is -0.880. The lowest BCUT2D eigenvalue weighted by Crippen LogP contribution is -2.44. The molecule has 0 saturated carbocycles. The lowest BCUT2D eigenvalue weighted by atomic mass is 10.0. The summed E-state index contributed by atoms with van der Waals surface area (Å²) in [5, 5.41) is 16.0. The summed E-state index contributed by atoms with van der Waals surface area (Å²) in [5.41, 5.74) is -0.306. The van der Waals surface area contributed by atoms with Crippen LogP contribution in [0.15, 0.2) is 18.2 Å². The van der Waals surface area contributed by atoms with Crippen LogP contribution in [0.5, 0.6) is 0 Å². The fourth-order valence-corrected chi connectivity index (χ4v) is 2.28. The van der Waals surface area contributed by atoms with Gasteiger partial charge in [0.05, 0.1) is 12.0 Å². The van der Waals surface area contributed by atoms with Gasteiger partial charge in [-0.1, -0.05) is 17.7 Å². The number of nitrogens with one attached hydrogen (secondary N) is 2. The van der Waals surface area contributed by atoms with Gasteiger partial charge in [0.2, 0.25) is 5.91 Å². The number of hydrogen-bond donors (Lipinski definition) is 3. The number of carbonyl (C=O) groups is 1. The summed E-state index contributed by atoms with van der Waals surface area (Å²) >= 11 is 5.85. The van der Waals surface area contributed by atoms with Crippen molar-refractivity contribution in [2.24, 2.45) is 0 Å². The van der Waals surface area contributed by atoms with Crippen molar-refractivity contribution >= 4 is 29.9 Å². The Labute approximate surface area is 128 Å². The van der Waals surface area contributed by atoms with Crippen molar-refractivity contribution in [2.75, 3.05) is 19.6 Å². The number of rotatable bonds is 4. The highest BCUT2D eigenvalue weighted by Crippen LogP contribution is 2.18. The molecule has 0 aliphatic carbocycles. The molecular formula is C13H17Cl2FN2O2. The molecule has 0 radical (unpaired) electrons. The summed E-state index contributed by atoms with van der Waals surface area (Å²) in [7, 11) is 0. The number of aliphatic hydroxyl groups is 1. The summed E-state index contributed by atoms with van der Waals surface area (Å²) < 4.78 is 12.9. The maximum Gasteiger partial charge on any atom is 0.224 e. The topological polar surface area (TPSA) is 61.4 Å². The number of hydrogen-bond acceptors (Lipinski definition) is 3. The molecule has 1 saturated heterocycles. The van der Waals surface area contributed by atoms with E-state index in [-0.39, 0.29) is 36.3 Å². The monoisotopic (exact) mass is 322 g/mol. The molecule has 112 valence electrons. The van der Waals surface area contributed by atoms with E-state index in [0.717, 1.165) is 6.54 Å². The first-order valence-electron chi connectivity index (χ1n) is 6.12. The Bertz CT molecular complexity index is 479. The van der Waals surface area contributed by atoms with Crippen LogP contribution < -0.4 is 10.6 Å². The van der Waals surface area contributed by atoms with E-state index in [4.69, 9.17) is 11.6 Å². The van der Waals surface area contributed by atoms with Crippen molar-refractivity contribution in [3.8, 4) is 0 Å². The predicted molar refractivity (Wildman–Crippen MR) is 77.8 cm³/mol. The third-order valence-electron chi connectivity index (χ3n) is 3.20. The number of β-amino-alcohol motifs (C(OH)–C–C–N with tert-alkyl or cyclic N) is 1. The van der Waals surface area contributed by atoms with E-state index in [1.807, 2.05) is 0 Å². The molecule has 20 heavy (non-hydrogen) atoms. The Morgan fingerprint density at radius 1 is 1.55 bits per heavy atom. The molecule has 1 unspecified atom stereocenters. The van der Waals surface area contributed by atoms with Crippen LogP contribution in [0.1, 0.15) is 12.0 Å². The Morgan fingerprint density at radius 3 is 2.90 bits per heavy atom. The quantitative estimate of drug-likeness (QED) is 0.782. The lowest BCUT2D eigenvalue weighted by molar-refractivity contribution is -0.121. The highest BCUT2D eigenvalue weighted by molar-refractivity contribution is 6.31. The summed E-state index contributed by atoms with van der Waals surface area (Å²) in [4.78, 5) is 11.8. The second-order valence-corrected chi connectivity index (χ2v) is 5.25. The Kier molecular flexibility index (Phi) is 6.20. The number of carbonyl (C=O) groups excluding carboxylic acids is 1. The second kappa shape index (κ2) is 7.22. The van der Waals surface area contributed by atoms with E-state index in [9.17, 15) is 14.3 Å². The van der Waals surface area contributed by atoms with E-state index in [1.165, 1.54) is 18.2 Å². The summed E-state index contributed by atoms with van der Waals surface area (Å²) in [5.74, 6) is -0.672. The summed E-state index contributed by atoms with van der Waals surface area (Å²) in [6.07, 6.45) is 0.688. The van der Waals surface area contributed by atoms with E-state index in [1.54, 1.807) is 0 Å². The van der Waals surface area contributed by atoms with Crippen LogP contribution in [0.4, 0.5) is 4.39 Å². The first kappa shape index (κ1) is 17.2. The number of amides is 1. The molecule has 2 rings (SSSR count). The van der Waals surface area contributed by atoms with Gasteiger partial charge in [-0.15, -0.1) is 12.4 Å². The van der Waals surface area contributed by atoms with Gasteiger partial charge in [-0.2, -0.15) is 0 Å². The number of benzene rings is 1. The molecule has 1 aromatic rings. The van der Waals surface area contributed by atoms with Gasteiger partial charge in [0.15, 0.2) is 0 Å². The van der Waals surface area contributed by atoms with Crippen molar-refractivity contribution in [3.05, 3.63) is 34.6 Å². The molecule has 1 aliphatic rings. The van der Waals surface area contributed by atoms with Crippen molar-refractivity contribution < 1.29 is 14.3 Å². The van der Waals surface area contributed by atoms with Gasteiger partial charge >= 0.3 is 0 Å². The molecular weight excluding hydrogens is 306 g/mol. The standard InChI is InChI=1S/C13H16ClFN2O2.ClH/c14-11-6-10(15)2-1-9(11)5-12(18)17-8-13(19)3-4-16-7-13;/h1-2,6,16,19H,3-5,7-8H2,(H,17,18);1H. The van der Waals surface area contributed by atoms with E-state index >= 15 is 0 Å². The largest absolute Gasteiger partial charge is 0.387 e. The second-order valence-electron chi connectivity index (χ2n) is 4.84. The maximum absolute atomic E-state index is 12.9. The molecule has 3 N–H and O–H groups in total. The molecule has 7 heteroatoms. The van der Waals surface area contributed by atoms with Crippen molar-refractivity contribution in [3.63, 3.8) is 0 Å². The molecule has 0 spiro atoms. The SMILES string of the molecule is Cl.O=C(Cc1ccc(F)cc1Cl)NCC1(O)CCNC1. The zero-order valence-electron chi connectivity index (χ0n) is 10.8. The highest BCUT2D eigenvalue weighted by atomic mass is 35.5. The van der Waals surface area contributed by atoms with Crippen molar-refractivity contribution in [1.82, 2.24) is 10.6 Å². The number of halogens is 3. The normalized spacial score (nSPS) is 21.4. The Balaban J connectivity index is 0.00000200. The van der Waals surface area contributed by atoms with Gasteiger partial charge in [0.25, 0.3) is 0 Å². The lowest BCUT2D eigenvalue weighted by Gasteiger charge is -2.21. The van der Waals surface area contributed by atoms with Gasteiger partial charge < -0.3 is 15.7 Å². The summed E-state index contributed by atoms with van der Waals surface area (Å²) in [6, 6.07) is 3.94. The first-order valence-corrected chi connectivity index (χ1v) is 6.50. The summed E-state index contributed by atoms with van der Waals surface area (Å²) in [6.45, 7) is 1.43. The van der Waals surface area contributed by atoms with Crippen LogP contribution in [0.3, 0.4) is 0 Å². The molecule has 0 bridgehead atoms. The predicted octanol–water partition coefficient (Wildman–Crippen LogP) is 1.28. The minimum absolute atomic E-state index is 0. The van der Waals surface area contributed by atoms with Crippen LogP contribution in [0.25, 0.3) is 0 Å². The van der Waals surface area contributed by atoms with Crippen LogP contribution in [0, 0.1) is 5.82 Å². The molecule has 1 heterocycles. The van der Waals surface area contributed by atoms with Crippen LogP contribution in [0.2, 0.25) is 5.02 Å². The van der Waals surface area contributed by atoms with Gasteiger partial charge in [-0.3, -0.25) is 4.79 Å². The third kappa shape index (κ3) is 4.59. The molecule has 4 nitrogen and oxygen atoms in total. The van der Waals surface area contributed by atoms with Gasteiger partial charge in [-0.05, 0) is 30.7 Å². The molecule has 1 aromatic carbocycles. The highest BCUT2D eigenvalue weighted by Gasteiger charge is 2.31. The Morgan fingerprint density at radius 2 is 2.30 bits per heavy atom. The minimum atomic E-state index is -0.873. The molecule has 1 aliphatic heterocycles. The average Bonchev–Trinajstić information content (AvgIpc) is 2.78. The first-order chi connectivity index (χ1) is 8.98. The van der Waals surface area contributed by atoms with Crippen LogP contribution >= 0.6 is 24.0 Å². The fourth-order valence-electron chi connectivity index (χ4n) is 2.05. The molecule has 1 fully saturated rings. The van der Waals surface area contributed by atoms with E-state index in [0.29, 0.717) is 18.5 Å². The molecule has 1 amide bonds. The molecule has 0 aromatic heterocycles. The van der Waals surface area contributed by atoms with Crippen molar-refractivity contribution in [2.45, 2.75) is 18.4 Å². The zero-order chi connectivity index (χ0) is 13.9. The van der Waals surface area contributed by atoms with E-state index < -0.39 is 11.4 Å². The fraction of sp³-hybridized carbons (Fsp3) is 0.462. The average molecular weight is 323 g/mol. The van der Waals surface area contributed by atoms with Crippen LogP contribution in [-0.2, 0) is 11.2 Å². The van der Waals surface area contributed by atoms with Crippen molar-refractivity contribution in [1.29, 1.82) is 0 Å². The smallest absolute Gasteiger partial charge is 0.224 e. The zero-order valence-corrected chi connectivity index (χ0v) is 12.4. The van der Waals surface area contributed by atoms with Gasteiger partial charge in [0.1, 0.15) is 5.82 Å². The van der Waals surface area contributed by atoms with E-state index in [2.05, 4.69) is 10.6 Å².